The van der Waals surface area contributed by atoms with E-state index in [0.717, 1.165) is 64.2 Å². The second kappa shape index (κ2) is 35.2. The van der Waals surface area contributed by atoms with E-state index in [9.17, 15) is 45.6 Å². The molecular formula is C48H85NO13. The average molecular weight is 884 g/mol. The van der Waals surface area contributed by atoms with E-state index in [-0.39, 0.29) is 18.9 Å². The number of amides is 1. The van der Waals surface area contributed by atoms with Crippen molar-refractivity contribution in [3.05, 3.63) is 48.6 Å². The Labute approximate surface area is 372 Å². The molecule has 2 heterocycles. The van der Waals surface area contributed by atoms with Gasteiger partial charge in [0.15, 0.2) is 12.6 Å². The SMILES string of the molecule is CCCCC/C=C\CCCCCCCC(=O)NC(COC1OC(CO)C(OC2OC(CO)C(O)C(O)C2O)C(O)C1O)C(O)/C=C/CC/C=C/CC/C=C/CCCCCCCC. The predicted molar refractivity (Wildman–Crippen MR) is 240 cm³/mol. The standard InChI is InChI=1S/C48H85NO13/c1-3-5-7-9-11-13-15-17-18-19-20-21-23-25-27-29-31-37(52)36(49-40(53)32-30-28-26-24-22-16-14-12-10-8-6-4-2)35-59-47-45(58)43(56)46(39(34-51)61-47)62-48-44(57)42(55)41(54)38(33-50)60-48/h12,14,17-18,21,23,29,31,36-39,41-48,50-52,54-58H,3-11,13,15-16,19-20,22,24-28,30,32-35H2,1-2H3,(H,49,53)/b14-12-,18-17+,23-21+,31-29+. The van der Waals surface area contributed by atoms with Crippen LogP contribution in [0.3, 0.4) is 0 Å². The molecule has 2 aliphatic heterocycles. The van der Waals surface area contributed by atoms with Crippen LogP contribution >= 0.6 is 0 Å². The number of rotatable bonds is 35. The van der Waals surface area contributed by atoms with Crippen molar-refractivity contribution >= 4 is 5.91 Å². The molecule has 0 aromatic carbocycles. The van der Waals surface area contributed by atoms with Gasteiger partial charge >= 0.3 is 0 Å². The van der Waals surface area contributed by atoms with Crippen LogP contribution in [0.4, 0.5) is 0 Å². The number of carbonyl (C=O) groups excluding carboxylic acids is 1. The van der Waals surface area contributed by atoms with Crippen LogP contribution in [0.1, 0.15) is 155 Å². The summed E-state index contributed by atoms with van der Waals surface area (Å²) < 4.78 is 22.6. The Bertz CT molecular complexity index is 1230. The van der Waals surface area contributed by atoms with E-state index in [1.54, 1.807) is 6.08 Å². The predicted octanol–water partition coefficient (Wildman–Crippen LogP) is 5.32. The molecule has 14 nitrogen and oxygen atoms in total. The smallest absolute Gasteiger partial charge is 0.220 e. The van der Waals surface area contributed by atoms with Crippen molar-refractivity contribution in [3.63, 3.8) is 0 Å². The number of carbonyl (C=O) groups is 1. The lowest BCUT2D eigenvalue weighted by Gasteiger charge is -2.46. The third-order valence-electron chi connectivity index (χ3n) is 11.5. The van der Waals surface area contributed by atoms with Crippen molar-refractivity contribution in [2.24, 2.45) is 0 Å². The number of hydrogen-bond donors (Lipinski definition) is 9. The van der Waals surface area contributed by atoms with E-state index in [1.165, 1.54) is 57.8 Å². The van der Waals surface area contributed by atoms with Gasteiger partial charge in [-0.15, -0.1) is 0 Å². The molecule has 2 fully saturated rings. The van der Waals surface area contributed by atoms with Gasteiger partial charge in [0.2, 0.25) is 5.91 Å². The van der Waals surface area contributed by atoms with Crippen molar-refractivity contribution in [2.45, 2.75) is 229 Å². The highest BCUT2D eigenvalue weighted by molar-refractivity contribution is 5.76. The van der Waals surface area contributed by atoms with Gasteiger partial charge in [-0.05, 0) is 70.6 Å². The van der Waals surface area contributed by atoms with Crippen molar-refractivity contribution in [1.29, 1.82) is 0 Å². The molecule has 1 amide bonds. The van der Waals surface area contributed by atoms with Gasteiger partial charge in [-0.3, -0.25) is 4.79 Å². The lowest BCUT2D eigenvalue weighted by atomic mass is 9.97. The highest BCUT2D eigenvalue weighted by atomic mass is 16.7. The Kier molecular flexibility index (Phi) is 31.9. The number of aliphatic hydroxyl groups excluding tert-OH is 8. The largest absolute Gasteiger partial charge is 0.394 e. The van der Waals surface area contributed by atoms with Crippen LogP contribution in [0.5, 0.6) is 0 Å². The van der Waals surface area contributed by atoms with Crippen LogP contribution in [-0.4, -0.2) is 140 Å². The molecule has 12 atom stereocenters. The molecule has 0 aromatic heterocycles. The summed E-state index contributed by atoms with van der Waals surface area (Å²) in [7, 11) is 0. The first-order valence-electron chi connectivity index (χ1n) is 23.9. The number of allylic oxidation sites excluding steroid dienone is 7. The maximum absolute atomic E-state index is 13.1. The molecule has 0 radical (unpaired) electrons. The van der Waals surface area contributed by atoms with E-state index in [4.69, 9.17) is 18.9 Å². The minimum Gasteiger partial charge on any atom is -0.394 e. The van der Waals surface area contributed by atoms with Crippen molar-refractivity contribution < 1.29 is 64.6 Å². The molecule has 2 saturated heterocycles. The van der Waals surface area contributed by atoms with Gasteiger partial charge in [0.1, 0.15) is 48.8 Å². The summed E-state index contributed by atoms with van der Waals surface area (Å²) in [5.74, 6) is -0.267. The topological polar surface area (TPSA) is 228 Å². The third kappa shape index (κ3) is 22.7. The molecule has 0 bridgehead atoms. The molecular weight excluding hydrogens is 799 g/mol. The molecule has 0 saturated carbocycles. The number of nitrogens with one attached hydrogen (secondary N) is 1. The molecule has 2 aliphatic rings. The Morgan fingerprint density at radius 2 is 1.03 bits per heavy atom. The summed E-state index contributed by atoms with van der Waals surface area (Å²) in [5, 5.41) is 86.5. The zero-order valence-corrected chi connectivity index (χ0v) is 37.8. The quantitative estimate of drug-likeness (QED) is 0.0291. The molecule has 360 valence electrons. The second-order valence-electron chi connectivity index (χ2n) is 16.9. The minimum absolute atomic E-state index is 0.258. The van der Waals surface area contributed by atoms with Crippen molar-refractivity contribution in [1.82, 2.24) is 5.32 Å². The summed E-state index contributed by atoms with van der Waals surface area (Å²) in [6.07, 6.45) is 23.0. The average Bonchev–Trinajstić information content (AvgIpc) is 3.27. The normalized spacial score (nSPS) is 28.2. The zero-order chi connectivity index (χ0) is 45.4. The zero-order valence-electron chi connectivity index (χ0n) is 37.8. The Morgan fingerprint density at radius 1 is 0.565 bits per heavy atom. The first-order valence-corrected chi connectivity index (χ1v) is 23.9. The van der Waals surface area contributed by atoms with Crippen LogP contribution in [-0.2, 0) is 23.7 Å². The van der Waals surface area contributed by atoms with E-state index in [0.29, 0.717) is 12.8 Å². The summed E-state index contributed by atoms with van der Waals surface area (Å²) in [5.41, 5.74) is 0. The number of unbranched alkanes of at least 4 members (excludes halogenated alkanes) is 16. The summed E-state index contributed by atoms with van der Waals surface area (Å²) in [6.45, 7) is 2.69. The summed E-state index contributed by atoms with van der Waals surface area (Å²) >= 11 is 0. The lowest BCUT2D eigenvalue weighted by molar-refractivity contribution is -0.359. The Balaban J connectivity index is 1.92. The van der Waals surface area contributed by atoms with Crippen molar-refractivity contribution in [2.75, 3.05) is 19.8 Å². The molecule has 0 spiro atoms. The van der Waals surface area contributed by atoms with Crippen LogP contribution < -0.4 is 5.32 Å². The van der Waals surface area contributed by atoms with Crippen LogP contribution in [0, 0.1) is 0 Å². The van der Waals surface area contributed by atoms with E-state index >= 15 is 0 Å². The van der Waals surface area contributed by atoms with Gasteiger partial charge in [0, 0.05) is 6.42 Å². The highest BCUT2D eigenvalue weighted by Crippen LogP contribution is 2.30. The molecule has 2 rings (SSSR count). The van der Waals surface area contributed by atoms with Crippen LogP contribution in [0.2, 0.25) is 0 Å². The fraction of sp³-hybridized carbons (Fsp3) is 0.812. The van der Waals surface area contributed by atoms with Gasteiger partial charge in [-0.1, -0.05) is 127 Å². The number of hydrogen-bond acceptors (Lipinski definition) is 13. The van der Waals surface area contributed by atoms with E-state index in [2.05, 4.69) is 55.6 Å². The number of aliphatic hydroxyl groups is 8. The van der Waals surface area contributed by atoms with Crippen molar-refractivity contribution in [3.8, 4) is 0 Å². The lowest BCUT2D eigenvalue weighted by Crippen LogP contribution is -2.65. The third-order valence-corrected chi connectivity index (χ3v) is 11.5. The number of ether oxygens (including phenoxy) is 4. The monoisotopic (exact) mass is 884 g/mol. The molecule has 0 aliphatic carbocycles. The first kappa shape index (κ1) is 56.1. The second-order valence-corrected chi connectivity index (χ2v) is 16.9. The first-order chi connectivity index (χ1) is 30.1. The Hall–Kier alpha value is -2.05. The fourth-order valence-electron chi connectivity index (χ4n) is 7.49. The Morgan fingerprint density at radius 3 is 1.61 bits per heavy atom. The molecule has 0 aromatic rings. The highest BCUT2D eigenvalue weighted by Gasteiger charge is 2.50. The summed E-state index contributed by atoms with van der Waals surface area (Å²) in [4.78, 5) is 13.1. The molecule has 62 heavy (non-hydrogen) atoms. The van der Waals surface area contributed by atoms with Gasteiger partial charge in [-0.2, -0.15) is 0 Å². The van der Waals surface area contributed by atoms with Gasteiger partial charge in [0.25, 0.3) is 0 Å². The molecule has 14 heteroatoms. The summed E-state index contributed by atoms with van der Waals surface area (Å²) in [6, 6.07) is -0.940. The van der Waals surface area contributed by atoms with Gasteiger partial charge in [0.05, 0.1) is 32.0 Å². The van der Waals surface area contributed by atoms with Gasteiger partial charge < -0.3 is 65.1 Å². The van der Waals surface area contributed by atoms with Crippen LogP contribution in [0.15, 0.2) is 48.6 Å². The minimum atomic E-state index is -1.79. The fourth-order valence-corrected chi connectivity index (χ4v) is 7.49. The molecule has 12 unspecified atom stereocenters. The molecule has 9 N–H and O–H groups in total. The van der Waals surface area contributed by atoms with Crippen LogP contribution in [0.25, 0.3) is 0 Å². The van der Waals surface area contributed by atoms with E-state index < -0.39 is 86.8 Å². The van der Waals surface area contributed by atoms with Gasteiger partial charge in [-0.25, -0.2) is 0 Å². The van der Waals surface area contributed by atoms with E-state index in [1.807, 2.05) is 6.08 Å². The maximum atomic E-state index is 13.1. The maximum Gasteiger partial charge on any atom is 0.220 e.